The Hall–Kier alpha value is -1.86. The Morgan fingerprint density at radius 2 is 2.19 bits per heavy atom. The molecule has 0 aliphatic carbocycles. The minimum absolute atomic E-state index is 0.0153. The summed E-state index contributed by atoms with van der Waals surface area (Å²) in [4.78, 5) is 27.9. The van der Waals surface area contributed by atoms with E-state index in [1.807, 2.05) is 4.90 Å². The SMILES string of the molecule is COc1cc(=O)n2c(c1C(=O)N1CCC[C@@]3(CCOC3)C1)CCNCC2. The summed E-state index contributed by atoms with van der Waals surface area (Å²) in [5.74, 6) is 0.383. The maximum atomic E-state index is 13.5. The van der Waals surface area contributed by atoms with E-state index in [1.54, 1.807) is 4.57 Å². The molecule has 2 fully saturated rings. The maximum Gasteiger partial charge on any atom is 0.259 e. The summed E-state index contributed by atoms with van der Waals surface area (Å²) in [5.41, 5.74) is 1.36. The molecule has 3 aliphatic rings. The number of carbonyl (C=O) groups is 1. The summed E-state index contributed by atoms with van der Waals surface area (Å²) in [6, 6.07) is 1.46. The largest absolute Gasteiger partial charge is 0.496 e. The first-order valence-electron chi connectivity index (χ1n) is 9.52. The zero-order chi connectivity index (χ0) is 18.1. The molecule has 0 bridgehead atoms. The summed E-state index contributed by atoms with van der Waals surface area (Å²) < 4.78 is 12.8. The van der Waals surface area contributed by atoms with E-state index in [-0.39, 0.29) is 16.9 Å². The lowest BCUT2D eigenvalue weighted by Crippen LogP contribution is -2.47. The predicted molar refractivity (Wildman–Crippen MR) is 96.8 cm³/mol. The molecule has 3 aliphatic heterocycles. The molecule has 1 amide bonds. The molecule has 142 valence electrons. The summed E-state index contributed by atoms with van der Waals surface area (Å²) in [7, 11) is 1.53. The maximum absolute atomic E-state index is 13.5. The number of rotatable bonds is 2. The van der Waals surface area contributed by atoms with Gasteiger partial charge in [-0.15, -0.1) is 0 Å². The number of nitrogens with one attached hydrogen (secondary N) is 1. The van der Waals surface area contributed by atoms with Crippen LogP contribution in [0.1, 0.15) is 35.3 Å². The lowest BCUT2D eigenvalue weighted by molar-refractivity contribution is 0.0458. The van der Waals surface area contributed by atoms with Crippen LogP contribution in [-0.4, -0.2) is 61.9 Å². The molecule has 0 aromatic carbocycles. The van der Waals surface area contributed by atoms with E-state index < -0.39 is 0 Å². The second kappa shape index (κ2) is 7.04. The van der Waals surface area contributed by atoms with Crippen LogP contribution in [0.2, 0.25) is 0 Å². The highest BCUT2D eigenvalue weighted by Gasteiger charge is 2.41. The van der Waals surface area contributed by atoms with Gasteiger partial charge in [-0.05, 0) is 19.3 Å². The van der Waals surface area contributed by atoms with Crippen LogP contribution < -0.4 is 15.6 Å². The molecule has 4 heterocycles. The predicted octanol–water partition coefficient (Wildman–Crippen LogP) is 0.645. The third-order valence-electron chi connectivity index (χ3n) is 6.00. The lowest BCUT2D eigenvalue weighted by Gasteiger charge is -2.39. The van der Waals surface area contributed by atoms with Gasteiger partial charge in [0.05, 0.1) is 13.7 Å². The number of nitrogens with zero attached hydrogens (tertiary/aromatic N) is 2. The van der Waals surface area contributed by atoms with Gasteiger partial charge in [-0.1, -0.05) is 0 Å². The molecular weight excluding hydrogens is 334 g/mol. The topological polar surface area (TPSA) is 72.8 Å². The van der Waals surface area contributed by atoms with Crippen molar-refractivity contribution in [2.45, 2.75) is 32.2 Å². The number of pyridine rings is 1. The number of fused-ring (bicyclic) bond motifs is 1. The molecule has 1 aromatic rings. The van der Waals surface area contributed by atoms with Crippen LogP contribution in [0.5, 0.6) is 5.75 Å². The zero-order valence-electron chi connectivity index (χ0n) is 15.4. The van der Waals surface area contributed by atoms with Crippen LogP contribution in [0.3, 0.4) is 0 Å². The van der Waals surface area contributed by atoms with E-state index in [0.29, 0.717) is 24.3 Å². The highest BCUT2D eigenvalue weighted by molar-refractivity contribution is 5.98. The van der Waals surface area contributed by atoms with Gasteiger partial charge in [0.1, 0.15) is 11.3 Å². The average Bonchev–Trinajstić information content (AvgIpc) is 2.94. The molecule has 2 saturated heterocycles. The number of piperidine rings is 1. The number of hydrogen-bond donors (Lipinski definition) is 1. The molecule has 1 aromatic heterocycles. The number of hydrogen-bond acceptors (Lipinski definition) is 5. The Kier molecular flexibility index (Phi) is 4.75. The fourth-order valence-corrected chi connectivity index (χ4v) is 4.60. The summed E-state index contributed by atoms with van der Waals surface area (Å²) in [6.45, 7) is 5.07. The van der Waals surface area contributed by atoms with Gasteiger partial charge in [0.15, 0.2) is 0 Å². The number of aromatic nitrogens is 1. The van der Waals surface area contributed by atoms with Crippen molar-refractivity contribution in [3.05, 3.63) is 27.7 Å². The summed E-state index contributed by atoms with van der Waals surface area (Å²) >= 11 is 0. The van der Waals surface area contributed by atoms with E-state index in [4.69, 9.17) is 9.47 Å². The molecule has 0 radical (unpaired) electrons. The first kappa shape index (κ1) is 17.5. The molecule has 26 heavy (non-hydrogen) atoms. The quantitative estimate of drug-likeness (QED) is 0.837. The van der Waals surface area contributed by atoms with E-state index >= 15 is 0 Å². The fraction of sp³-hybridized carbons (Fsp3) is 0.684. The van der Waals surface area contributed by atoms with Crippen molar-refractivity contribution >= 4 is 5.91 Å². The van der Waals surface area contributed by atoms with Gasteiger partial charge in [0.2, 0.25) is 0 Å². The van der Waals surface area contributed by atoms with Gasteiger partial charge < -0.3 is 24.3 Å². The lowest BCUT2D eigenvalue weighted by atomic mass is 9.79. The fourth-order valence-electron chi connectivity index (χ4n) is 4.60. The molecule has 7 nitrogen and oxygen atoms in total. The minimum Gasteiger partial charge on any atom is -0.496 e. The van der Waals surface area contributed by atoms with Gasteiger partial charge in [0, 0.05) is 62.9 Å². The highest BCUT2D eigenvalue weighted by Crippen LogP contribution is 2.38. The van der Waals surface area contributed by atoms with Gasteiger partial charge in [-0.2, -0.15) is 0 Å². The zero-order valence-corrected chi connectivity index (χ0v) is 15.4. The van der Waals surface area contributed by atoms with Crippen LogP contribution in [-0.2, 0) is 17.7 Å². The molecular formula is C19H27N3O4. The summed E-state index contributed by atoms with van der Waals surface area (Å²) in [6.07, 6.45) is 3.78. The molecule has 1 spiro atoms. The van der Waals surface area contributed by atoms with Crippen LogP contribution in [0.15, 0.2) is 10.9 Å². The van der Waals surface area contributed by atoms with E-state index in [2.05, 4.69) is 5.32 Å². The minimum atomic E-state index is -0.101. The third-order valence-corrected chi connectivity index (χ3v) is 6.00. The van der Waals surface area contributed by atoms with Crippen LogP contribution in [0.4, 0.5) is 0 Å². The van der Waals surface area contributed by atoms with Gasteiger partial charge in [-0.25, -0.2) is 0 Å². The Balaban J connectivity index is 1.72. The molecule has 0 unspecified atom stereocenters. The number of amides is 1. The smallest absolute Gasteiger partial charge is 0.259 e. The van der Waals surface area contributed by atoms with Crippen LogP contribution in [0, 0.1) is 5.41 Å². The van der Waals surface area contributed by atoms with Crippen molar-refractivity contribution in [1.29, 1.82) is 0 Å². The molecule has 0 saturated carbocycles. The monoisotopic (exact) mass is 361 g/mol. The number of likely N-dealkylation sites (tertiary alicyclic amines) is 1. The van der Waals surface area contributed by atoms with E-state index in [1.165, 1.54) is 13.2 Å². The first-order chi connectivity index (χ1) is 12.6. The Bertz CT molecular complexity index is 752. The molecule has 1 N–H and O–H groups in total. The van der Waals surface area contributed by atoms with Crippen molar-refractivity contribution < 1.29 is 14.3 Å². The van der Waals surface area contributed by atoms with Crippen molar-refractivity contribution in [1.82, 2.24) is 14.8 Å². The van der Waals surface area contributed by atoms with E-state index in [9.17, 15) is 9.59 Å². The molecule has 4 rings (SSSR count). The second-order valence-electron chi connectivity index (χ2n) is 7.66. The van der Waals surface area contributed by atoms with Crippen molar-refractivity contribution in [2.24, 2.45) is 5.41 Å². The van der Waals surface area contributed by atoms with E-state index in [0.717, 1.165) is 64.3 Å². The number of methoxy groups -OCH3 is 1. The third kappa shape index (κ3) is 3.03. The van der Waals surface area contributed by atoms with Gasteiger partial charge in [0.25, 0.3) is 11.5 Å². The number of ether oxygens (including phenoxy) is 2. The Labute approximate surface area is 153 Å². The second-order valence-corrected chi connectivity index (χ2v) is 7.66. The van der Waals surface area contributed by atoms with Crippen molar-refractivity contribution in [2.75, 3.05) is 46.5 Å². The molecule has 1 atom stereocenters. The van der Waals surface area contributed by atoms with Crippen LogP contribution in [0.25, 0.3) is 0 Å². The normalized spacial score (nSPS) is 25.8. The molecule has 7 heteroatoms. The van der Waals surface area contributed by atoms with Crippen molar-refractivity contribution in [3.8, 4) is 5.75 Å². The Morgan fingerprint density at radius 3 is 2.96 bits per heavy atom. The average molecular weight is 361 g/mol. The Morgan fingerprint density at radius 1 is 1.31 bits per heavy atom. The van der Waals surface area contributed by atoms with Crippen molar-refractivity contribution in [3.63, 3.8) is 0 Å². The number of carbonyl (C=O) groups excluding carboxylic acids is 1. The van der Waals surface area contributed by atoms with Gasteiger partial charge in [-0.3, -0.25) is 9.59 Å². The van der Waals surface area contributed by atoms with Gasteiger partial charge >= 0.3 is 0 Å². The summed E-state index contributed by atoms with van der Waals surface area (Å²) in [5, 5.41) is 3.30. The van der Waals surface area contributed by atoms with Crippen LogP contribution >= 0.6 is 0 Å². The standard InChI is InChI=1S/C19H27N3O4/c1-25-15-11-16(23)22-9-7-20-6-3-14(22)17(15)18(24)21-8-2-4-19(12-21)5-10-26-13-19/h11,20H,2-10,12-13H2,1H3/t19-/m1/s1. The first-order valence-corrected chi connectivity index (χ1v) is 9.52. The highest BCUT2D eigenvalue weighted by atomic mass is 16.5.